The van der Waals surface area contributed by atoms with E-state index in [1.807, 2.05) is 20.8 Å². The Morgan fingerprint density at radius 3 is 2.37 bits per heavy atom. The van der Waals surface area contributed by atoms with Crippen LogP contribution in [0.5, 0.6) is 0 Å². The lowest BCUT2D eigenvalue weighted by molar-refractivity contribution is -0.115. The van der Waals surface area contributed by atoms with Crippen molar-refractivity contribution in [1.29, 1.82) is 0 Å². The van der Waals surface area contributed by atoms with Crippen LogP contribution in [0.15, 0.2) is 34.9 Å². The summed E-state index contributed by atoms with van der Waals surface area (Å²) in [5, 5.41) is 13.8. The highest BCUT2D eigenvalue weighted by molar-refractivity contribution is 6.33. The lowest BCUT2D eigenvalue weighted by Crippen LogP contribution is -2.15. The first-order valence-electron chi connectivity index (χ1n) is 9.41. The van der Waals surface area contributed by atoms with E-state index in [9.17, 15) is 9.59 Å². The van der Waals surface area contributed by atoms with Crippen molar-refractivity contribution >= 4 is 34.9 Å². The fourth-order valence-electron chi connectivity index (χ4n) is 2.85. The Balaban J connectivity index is 1.59. The molecule has 0 saturated carbocycles. The van der Waals surface area contributed by atoms with Crippen molar-refractivity contribution in [3.8, 4) is 0 Å². The molecule has 158 valence electrons. The Hall–Kier alpha value is -3.13. The van der Waals surface area contributed by atoms with Crippen LogP contribution in [0.1, 0.15) is 48.1 Å². The average molecular weight is 430 g/mol. The molecule has 2 heterocycles. The topological polar surface area (TPSA) is 102 Å². The molecule has 0 saturated heterocycles. The highest BCUT2D eigenvalue weighted by Gasteiger charge is 2.21. The summed E-state index contributed by atoms with van der Waals surface area (Å²) in [7, 11) is 1.68. The summed E-state index contributed by atoms with van der Waals surface area (Å²) in [6, 6.07) is 8.73. The highest BCUT2D eigenvalue weighted by Crippen LogP contribution is 2.24. The number of nitrogens with zero attached hydrogens (tertiary/aromatic N) is 3. The van der Waals surface area contributed by atoms with Crippen molar-refractivity contribution in [2.75, 3.05) is 10.6 Å². The molecule has 2 aromatic heterocycles. The number of benzene rings is 1. The molecule has 0 bridgehead atoms. The number of rotatable bonds is 5. The molecule has 2 N–H and O–H groups in total. The van der Waals surface area contributed by atoms with Crippen molar-refractivity contribution in [1.82, 2.24) is 14.9 Å². The van der Waals surface area contributed by atoms with E-state index >= 15 is 0 Å². The summed E-state index contributed by atoms with van der Waals surface area (Å²) < 4.78 is 6.72. The monoisotopic (exact) mass is 429 g/mol. The smallest absolute Gasteiger partial charge is 0.260 e. The second-order valence-electron chi connectivity index (χ2n) is 8.08. The number of anilines is 2. The largest absolute Gasteiger partial charge is 0.359 e. The molecule has 1 aromatic carbocycles. The highest BCUT2D eigenvalue weighted by atomic mass is 35.5. The second kappa shape index (κ2) is 8.31. The summed E-state index contributed by atoms with van der Waals surface area (Å²) in [5.74, 6) is 0.537. The number of nitrogens with one attached hydrogen (secondary N) is 2. The van der Waals surface area contributed by atoms with Gasteiger partial charge in [-0.05, 0) is 24.6 Å². The third kappa shape index (κ3) is 4.88. The molecule has 0 fully saturated rings. The fourth-order valence-corrected chi connectivity index (χ4v) is 3.11. The van der Waals surface area contributed by atoms with Gasteiger partial charge < -0.3 is 15.2 Å². The number of aryl methyl sites for hydroxylation is 2. The number of carbonyl (C=O) groups is 2. The maximum Gasteiger partial charge on any atom is 0.260 e. The van der Waals surface area contributed by atoms with Crippen LogP contribution in [0.3, 0.4) is 0 Å². The summed E-state index contributed by atoms with van der Waals surface area (Å²) in [5.41, 5.74) is 2.09. The summed E-state index contributed by atoms with van der Waals surface area (Å²) >= 11 is 6.13. The van der Waals surface area contributed by atoms with Crippen LogP contribution in [0.2, 0.25) is 5.15 Å². The Bertz CT molecular complexity index is 1080. The van der Waals surface area contributed by atoms with E-state index in [-0.39, 0.29) is 28.8 Å². The molecule has 3 rings (SSSR count). The van der Waals surface area contributed by atoms with Crippen molar-refractivity contribution in [2.45, 2.75) is 39.5 Å². The number of aromatic nitrogens is 3. The maximum atomic E-state index is 12.5. The normalized spacial score (nSPS) is 11.4. The van der Waals surface area contributed by atoms with Crippen LogP contribution in [0.25, 0.3) is 0 Å². The fraction of sp³-hybridized carbons (Fsp3) is 0.333. The van der Waals surface area contributed by atoms with Gasteiger partial charge in [0, 0.05) is 24.2 Å². The van der Waals surface area contributed by atoms with Crippen LogP contribution in [0, 0.1) is 6.92 Å². The third-order valence-electron chi connectivity index (χ3n) is 4.47. The van der Waals surface area contributed by atoms with Gasteiger partial charge in [-0.2, -0.15) is 5.10 Å². The zero-order valence-electron chi connectivity index (χ0n) is 17.5. The van der Waals surface area contributed by atoms with Gasteiger partial charge in [-0.1, -0.05) is 49.7 Å². The van der Waals surface area contributed by atoms with Gasteiger partial charge in [0.2, 0.25) is 5.91 Å². The lowest BCUT2D eigenvalue weighted by atomic mass is 9.93. The third-order valence-corrected chi connectivity index (χ3v) is 4.91. The number of carbonyl (C=O) groups excluding carboxylic acids is 2. The number of hydrogen-bond donors (Lipinski definition) is 2. The van der Waals surface area contributed by atoms with Crippen LogP contribution in [0.4, 0.5) is 11.5 Å². The van der Waals surface area contributed by atoms with Crippen molar-refractivity contribution in [2.24, 2.45) is 7.05 Å². The molecule has 0 aliphatic carbocycles. The zero-order valence-corrected chi connectivity index (χ0v) is 18.3. The van der Waals surface area contributed by atoms with Gasteiger partial charge >= 0.3 is 0 Å². The van der Waals surface area contributed by atoms with Crippen LogP contribution >= 0.6 is 11.6 Å². The van der Waals surface area contributed by atoms with Gasteiger partial charge in [0.15, 0.2) is 5.82 Å². The molecule has 3 aromatic rings. The molecule has 0 aliphatic heterocycles. The van der Waals surface area contributed by atoms with Gasteiger partial charge in [-0.3, -0.25) is 14.3 Å². The summed E-state index contributed by atoms with van der Waals surface area (Å²) in [4.78, 5) is 24.8. The van der Waals surface area contributed by atoms with E-state index in [1.54, 1.807) is 44.3 Å². The Morgan fingerprint density at radius 2 is 1.83 bits per heavy atom. The summed E-state index contributed by atoms with van der Waals surface area (Å²) in [6.07, 6.45) is 0.166. The lowest BCUT2D eigenvalue weighted by Gasteiger charge is -2.12. The average Bonchev–Trinajstić information content (AvgIpc) is 3.21. The minimum absolute atomic E-state index is 0.166. The minimum Gasteiger partial charge on any atom is -0.359 e. The van der Waals surface area contributed by atoms with Crippen LogP contribution in [-0.2, 0) is 23.7 Å². The van der Waals surface area contributed by atoms with E-state index < -0.39 is 0 Å². The first kappa shape index (κ1) is 21.6. The Labute approximate surface area is 179 Å². The van der Waals surface area contributed by atoms with Gasteiger partial charge in [0.1, 0.15) is 10.9 Å². The van der Waals surface area contributed by atoms with E-state index in [0.717, 1.165) is 5.56 Å². The number of hydrogen-bond acceptors (Lipinski definition) is 5. The number of halogens is 1. The zero-order chi connectivity index (χ0) is 22.1. The maximum absolute atomic E-state index is 12.5. The molecule has 0 aliphatic rings. The van der Waals surface area contributed by atoms with Gasteiger partial charge in [0.25, 0.3) is 5.91 Å². The van der Waals surface area contributed by atoms with Crippen LogP contribution in [-0.4, -0.2) is 26.8 Å². The SMILES string of the molecule is Cc1nn(C)c(Cl)c1C(=O)Nc1ccc(CC(=O)Nc2cc(C(C)(C)C)on2)cc1. The van der Waals surface area contributed by atoms with Crippen molar-refractivity contribution < 1.29 is 14.1 Å². The predicted molar refractivity (Wildman–Crippen MR) is 115 cm³/mol. The first-order valence-corrected chi connectivity index (χ1v) is 9.79. The van der Waals surface area contributed by atoms with E-state index in [0.29, 0.717) is 28.5 Å². The quantitative estimate of drug-likeness (QED) is 0.635. The van der Waals surface area contributed by atoms with Gasteiger partial charge in [-0.15, -0.1) is 0 Å². The van der Waals surface area contributed by atoms with E-state index in [4.69, 9.17) is 16.1 Å². The molecule has 0 atom stereocenters. The summed E-state index contributed by atoms with van der Waals surface area (Å²) in [6.45, 7) is 7.73. The first-order chi connectivity index (χ1) is 14.0. The van der Waals surface area contributed by atoms with Crippen molar-refractivity contribution in [3.05, 3.63) is 58.1 Å². The standard InChI is InChI=1S/C21H24ClN5O3/c1-12-18(19(22)27(5)25-12)20(29)23-14-8-6-13(7-9-14)10-17(28)24-16-11-15(30-26-16)21(2,3)4/h6-9,11H,10H2,1-5H3,(H,23,29)(H,24,26,28). The molecule has 0 radical (unpaired) electrons. The molecular formula is C21H24ClN5O3. The molecule has 9 heteroatoms. The van der Waals surface area contributed by atoms with E-state index in [2.05, 4.69) is 20.9 Å². The predicted octanol–water partition coefficient (Wildman–Crippen LogP) is 4.10. The molecule has 8 nitrogen and oxygen atoms in total. The number of amides is 2. The second-order valence-corrected chi connectivity index (χ2v) is 8.44. The Morgan fingerprint density at radius 1 is 1.17 bits per heavy atom. The molecular weight excluding hydrogens is 406 g/mol. The van der Waals surface area contributed by atoms with Crippen molar-refractivity contribution in [3.63, 3.8) is 0 Å². The molecule has 0 spiro atoms. The Kier molecular flexibility index (Phi) is 5.98. The van der Waals surface area contributed by atoms with Gasteiger partial charge in [-0.25, -0.2) is 0 Å². The van der Waals surface area contributed by atoms with E-state index in [1.165, 1.54) is 4.68 Å². The minimum atomic E-state index is -0.336. The van der Waals surface area contributed by atoms with Gasteiger partial charge in [0.05, 0.1) is 17.7 Å². The molecule has 30 heavy (non-hydrogen) atoms. The molecule has 2 amide bonds. The molecule has 0 unspecified atom stereocenters. The van der Waals surface area contributed by atoms with Crippen LogP contribution < -0.4 is 10.6 Å².